The molecule has 0 saturated carbocycles. The van der Waals surface area contributed by atoms with E-state index in [1.54, 1.807) is 6.20 Å². The Hall–Kier alpha value is -3.41. The molecule has 2 atom stereocenters. The van der Waals surface area contributed by atoms with Crippen LogP contribution in [0.5, 0.6) is 0 Å². The van der Waals surface area contributed by atoms with Crippen LogP contribution in [0.4, 0.5) is 0 Å². The summed E-state index contributed by atoms with van der Waals surface area (Å²) in [5.41, 5.74) is 7.77. The number of ether oxygens (including phenoxy) is 2. The average Bonchev–Trinajstić information content (AvgIpc) is 3.50. The molecule has 1 aromatic carbocycles. The number of unbranched alkanes of at least 4 members (excludes halogenated alkanes) is 1. The first-order chi connectivity index (χ1) is 16.6. The van der Waals surface area contributed by atoms with Gasteiger partial charge in [0.2, 0.25) is 5.91 Å². The Morgan fingerprint density at radius 1 is 1.32 bits per heavy atom. The zero-order valence-electron chi connectivity index (χ0n) is 19.4. The number of hydrogen-bond acceptors (Lipinski definition) is 6. The number of amides is 1. The van der Waals surface area contributed by atoms with Crippen LogP contribution >= 0.6 is 0 Å². The molecule has 4 rings (SSSR count). The van der Waals surface area contributed by atoms with Gasteiger partial charge in [-0.3, -0.25) is 4.79 Å². The molecule has 0 spiro atoms. The summed E-state index contributed by atoms with van der Waals surface area (Å²) < 4.78 is 19.4. The first kappa shape index (κ1) is 23.7. The lowest BCUT2D eigenvalue weighted by atomic mass is 10.1. The summed E-state index contributed by atoms with van der Waals surface area (Å²) in [6, 6.07) is 9.74. The van der Waals surface area contributed by atoms with Crippen LogP contribution in [0.15, 0.2) is 47.2 Å². The molecule has 1 saturated heterocycles. The topological polar surface area (TPSA) is 105 Å². The van der Waals surface area contributed by atoms with Gasteiger partial charge in [0.05, 0.1) is 6.54 Å². The smallest absolute Gasteiger partial charge is 0.217 e. The van der Waals surface area contributed by atoms with Crippen LogP contribution in [0.3, 0.4) is 0 Å². The molecule has 2 aromatic heterocycles. The molecular formula is C26H30N4O4. The Morgan fingerprint density at radius 2 is 2.18 bits per heavy atom. The molecule has 1 aliphatic rings. The number of primary amides is 1. The third kappa shape index (κ3) is 6.56. The maximum Gasteiger partial charge on any atom is 0.217 e. The van der Waals surface area contributed by atoms with E-state index in [4.69, 9.17) is 19.7 Å². The fourth-order valence-electron chi connectivity index (χ4n) is 3.85. The first-order valence-corrected chi connectivity index (χ1v) is 11.7. The third-order valence-electron chi connectivity index (χ3n) is 5.62. The molecule has 3 heterocycles. The summed E-state index contributed by atoms with van der Waals surface area (Å²) in [5.74, 6) is 7.39. The van der Waals surface area contributed by atoms with E-state index >= 15 is 0 Å². The van der Waals surface area contributed by atoms with Crippen molar-refractivity contribution in [1.29, 1.82) is 0 Å². The summed E-state index contributed by atoms with van der Waals surface area (Å²) in [6.07, 6.45) is 8.14. The lowest BCUT2D eigenvalue weighted by Crippen LogP contribution is -2.24. The minimum atomic E-state index is -0.293. The van der Waals surface area contributed by atoms with Gasteiger partial charge in [-0.1, -0.05) is 17.0 Å². The van der Waals surface area contributed by atoms with Gasteiger partial charge in [0, 0.05) is 49.0 Å². The summed E-state index contributed by atoms with van der Waals surface area (Å²) in [6.45, 7) is 3.28. The summed E-state index contributed by atoms with van der Waals surface area (Å²) in [4.78, 5) is 15.2. The van der Waals surface area contributed by atoms with E-state index in [9.17, 15) is 4.79 Å². The van der Waals surface area contributed by atoms with E-state index in [0.29, 0.717) is 31.6 Å². The highest BCUT2D eigenvalue weighted by Crippen LogP contribution is 2.25. The minimum absolute atomic E-state index is 0.171. The summed E-state index contributed by atoms with van der Waals surface area (Å²) in [7, 11) is 0. The van der Waals surface area contributed by atoms with E-state index in [0.717, 1.165) is 48.5 Å². The molecule has 8 nitrogen and oxygen atoms in total. The van der Waals surface area contributed by atoms with Crippen LogP contribution < -0.4 is 5.73 Å². The predicted molar refractivity (Wildman–Crippen MR) is 126 cm³/mol. The fraction of sp³-hybridized carbons (Fsp3) is 0.423. The van der Waals surface area contributed by atoms with Gasteiger partial charge in [0.25, 0.3) is 0 Å². The number of nitrogens with zero attached hydrogens (tertiary/aromatic N) is 3. The zero-order valence-corrected chi connectivity index (χ0v) is 19.4. The molecule has 3 aromatic rings. The number of nitrogens with two attached hydrogens (primary N) is 1. The van der Waals surface area contributed by atoms with E-state index < -0.39 is 0 Å². The maximum absolute atomic E-state index is 10.8. The van der Waals surface area contributed by atoms with Crippen molar-refractivity contribution in [2.45, 2.75) is 64.4 Å². The van der Waals surface area contributed by atoms with Crippen molar-refractivity contribution in [3.8, 4) is 23.2 Å². The summed E-state index contributed by atoms with van der Waals surface area (Å²) >= 11 is 0. The van der Waals surface area contributed by atoms with Crippen LogP contribution in [-0.4, -0.2) is 33.5 Å². The molecule has 0 radical (unpaired) electrons. The van der Waals surface area contributed by atoms with Crippen molar-refractivity contribution in [3.63, 3.8) is 0 Å². The normalized spacial score (nSPS) is 16.6. The van der Waals surface area contributed by atoms with Crippen LogP contribution in [0.2, 0.25) is 0 Å². The Kier molecular flexibility index (Phi) is 8.12. The molecular weight excluding hydrogens is 432 g/mol. The third-order valence-corrected chi connectivity index (χ3v) is 5.62. The Balaban J connectivity index is 1.35. The lowest BCUT2D eigenvalue weighted by Gasteiger charge is -2.26. The molecule has 2 N–H and O–H groups in total. The second-order valence-corrected chi connectivity index (χ2v) is 8.37. The number of carbonyl (C=O) groups excluding carboxylic acids is 1. The van der Waals surface area contributed by atoms with Crippen molar-refractivity contribution in [2.75, 3.05) is 6.61 Å². The van der Waals surface area contributed by atoms with Gasteiger partial charge >= 0.3 is 0 Å². The fourth-order valence-corrected chi connectivity index (χ4v) is 3.85. The maximum atomic E-state index is 10.8. The van der Waals surface area contributed by atoms with Crippen LogP contribution in [-0.2, 0) is 20.8 Å². The SMILES string of the molecule is C[C@H](OC1CCCCO1)c1nccn1Cc1cc(-c2ccc(C#CCCCC(N)=O)cc2)on1. The lowest BCUT2D eigenvalue weighted by molar-refractivity contribution is -0.188. The van der Waals surface area contributed by atoms with E-state index in [1.165, 1.54) is 0 Å². The highest BCUT2D eigenvalue weighted by molar-refractivity contribution is 5.73. The van der Waals surface area contributed by atoms with Gasteiger partial charge in [0.15, 0.2) is 12.1 Å². The van der Waals surface area contributed by atoms with E-state index in [2.05, 4.69) is 22.0 Å². The second-order valence-electron chi connectivity index (χ2n) is 8.37. The molecule has 34 heavy (non-hydrogen) atoms. The average molecular weight is 463 g/mol. The van der Waals surface area contributed by atoms with Gasteiger partial charge in [-0.05, 0) is 56.9 Å². The monoisotopic (exact) mass is 462 g/mol. The number of benzene rings is 1. The zero-order chi connectivity index (χ0) is 23.8. The Morgan fingerprint density at radius 3 is 2.94 bits per heavy atom. The number of carbonyl (C=O) groups is 1. The second kappa shape index (κ2) is 11.6. The highest BCUT2D eigenvalue weighted by atomic mass is 16.7. The molecule has 0 bridgehead atoms. The van der Waals surface area contributed by atoms with E-state index in [1.807, 2.05) is 48.0 Å². The molecule has 0 aliphatic carbocycles. The van der Waals surface area contributed by atoms with Crippen LogP contribution in [0.25, 0.3) is 11.3 Å². The van der Waals surface area contributed by atoms with Crippen LogP contribution in [0, 0.1) is 11.8 Å². The predicted octanol–water partition coefficient (Wildman–Crippen LogP) is 4.20. The van der Waals surface area contributed by atoms with E-state index in [-0.39, 0.29) is 18.3 Å². The van der Waals surface area contributed by atoms with Crippen molar-refractivity contribution >= 4 is 5.91 Å². The first-order valence-electron chi connectivity index (χ1n) is 11.7. The molecule has 1 fully saturated rings. The van der Waals surface area contributed by atoms with Crippen molar-refractivity contribution in [2.24, 2.45) is 5.73 Å². The van der Waals surface area contributed by atoms with Crippen molar-refractivity contribution in [3.05, 3.63) is 59.8 Å². The number of rotatable bonds is 9. The molecule has 1 amide bonds. The Bertz CT molecular complexity index is 1130. The molecule has 8 heteroatoms. The number of hydrogen-bond donors (Lipinski definition) is 1. The van der Waals surface area contributed by atoms with Gasteiger partial charge in [0.1, 0.15) is 17.6 Å². The molecule has 1 unspecified atom stereocenters. The number of aromatic nitrogens is 3. The van der Waals surface area contributed by atoms with Crippen molar-refractivity contribution < 1.29 is 18.8 Å². The van der Waals surface area contributed by atoms with Gasteiger partial charge in [-0.25, -0.2) is 4.98 Å². The van der Waals surface area contributed by atoms with Gasteiger partial charge in [-0.15, -0.1) is 0 Å². The molecule has 1 aliphatic heterocycles. The number of imidazole rings is 1. The highest BCUT2D eigenvalue weighted by Gasteiger charge is 2.21. The van der Waals surface area contributed by atoms with Crippen molar-refractivity contribution in [1.82, 2.24) is 14.7 Å². The largest absolute Gasteiger partial charge is 0.370 e. The minimum Gasteiger partial charge on any atom is -0.370 e. The summed E-state index contributed by atoms with van der Waals surface area (Å²) in [5, 5.41) is 4.24. The van der Waals surface area contributed by atoms with Crippen LogP contribution in [0.1, 0.15) is 68.6 Å². The quantitative estimate of drug-likeness (QED) is 0.377. The van der Waals surface area contributed by atoms with Gasteiger partial charge in [-0.2, -0.15) is 0 Å². The van der Waals surface area contributed by atoms with Gasteiger partial charge < -0.3 is 24.3 Å². The standard InChI is InChI=1S/C26H30N4O4/c1-19(33-25-9-5-6-16-32-25)26-28-14-15-30(26)18-22-17-23(34-29-22)21-12-10-20(11-13-21)7-3-2-4-8-24(27)31/h10-15,17,19,25H,2,4-6,8-9,16,18H2,1H3,(H2,27,31)/t19-,25?/m0/s1. The Labute approximate surface area is 199 Å². The molecule has 178 valence electrons.